The van der Waals surface area contributed by atoms with Crippen molar-refractivity contribution in [2.75, 3.05) is 7.11 Å². The molecule has 1 aromatic carbocycles. The summed E-state index contributed by atoms with van der Waals surface area (Å²) in [5, 5.41) is 20.0. The lowest BCUT2D eigenvalue weighted by molar-refractivity contribution is -0.386. The first-order valence-electron chi connectivity index (χ1n) is 4.47. The lowest BCUT2D eigenvalue weighted by Crippen LogP contribution is -2.19. The number of alkyl halides is 2. The molecule has 0 fully saturated rings. The van der Waals surface area contributed by atoms with Crippen LogP contribution in [-0.4, -0.2) is 23.6 Å². The van der Waals surface area contributed by atoms with Crippen LogP contribution in [0.25, 0.3) is 0 Å². The summed E-state index contributed by atoms with van der Waals surface area (Å²) in [6.07, 6.45) is -2.87. The molecule has 0 bridgehead atoms. The zero-order chi connectivity index (χ0) is 13.2. The van der Waals surface area contributed by atoms with Gasteiger partial charge in [-0.1, -0.05) is 0 Å². The Morgan fingerprint density at radius 3 is 2.53 bits per heavy atom. The number of hydrogen-bond donors (Lipinski definition) is 2. The molecule has 0 aliphatic rings. The fraction of sp³-hybridized carbons (Fsp3) is 0.333. The van der Waals surface area contributed by atoms with E-state index in [-0.39, 0.29) is 11.3 Å². The maximum absolute atomic E-state index is 12.4. The fourth-order valence-corrected chi connectivity index (χ4v) is 1.25. The number of hydrogen-bond acceptors (Lipinski definition) is 5. The first-order valence-corrected chi connectivity index (χ1v) is 4.47. The average molecular weight is 248 g/mol. The molecule has 1 atom stereocenters. The van der Waals surface area contributed by atoms with Crippen LogP contribution in [-0.2, 0) is 0 Å². The number of nitrogens with two attached hydrogens (primary N) is 1. The molecule has 17 heavy (non-hydrogen) atoms. The van der Waals surface area contributed by atoms with Crippen LogP contribution in [0.1, 0.15) is 11.6 Å². The molecule has 3 N–H and O–H groups in total. The average Bonchev–Trinajstić information content (AvgIpc) is 2.27. The van der Waals surface area contributed by atoms with Crippen LogP contribution in [0.15, 0.2) is 12.1 Å². The van der Waals surface area contributed by atoms with Gasteiger partial charge in [0.2, 0.25) is 5.75 Å². The van der Waals surface area contributed by atoms with Crippen molar-refractivity contribution in [3.63, 3.8) is 0 Å². The summed E-state index contributed by atoms with van der Waals surface area (Å²) in [6, 6.07) is 0.164. The largest absolute Gasteiger partial charge is 0.500 e. The Hall–Kier alpha value is -1.96. The maximum Gasteiger partial charge on any atom is 0.314 e. The summed E-state index contributed by atoms with van der Waals surface area (Å²) in [6.45, 7) is 0. The molecule has 0 saturated carbocycles. The topological polar surface area (TPSA) is 98.6 Å². The molecule has 1 rings (SSSR count). The molecule has 0 spiro atoms. The molecule has 0 aliphatic carbocycles. The van der Waals surface area contributed by atoms with Crippen LogP contribution in [0.4, 0.5) is 14.5 Å². The Kier molecular flexibility index (Phi) is 3.79. The summed E-state index contributed by atoms with van der Waals surface area (Å²) >= 11 is 0. The zero-order valence-electron chi connectivity index (χ0n) is 8.76. The third-order valence-electron chi connectivity index (χ3n) is 2.15. The van der Waals surface area contributed by atoms with E-state index in [1.54, 1.807) is 0 Å². The molecule has 1 aromatic rings. The van der Waals surface area contributed by atoms with Crippen molar-refractivity contribution in [2.24, 2.45) is 5.73 Å². The van der Waals surface area contributed by atoms with Gasteiger partial charge >= 0.3 is 5.69 Å². The standard InChI is InChI=1S/C9H10F2N2O4/c1-17-6-3-4(7(12)9(10)11)2-5(8(6)14)13(15)16/h2-3,7,9,14H,12H2,1H3. The quantitative estimate of drug-likeness (QED) is 0.622. The molecule has 6 nitrogen and oxygen atoms in total. The number of halogens is 2. The van der Waals surface area contributed by atoms with Crippen LogP contribution in [0.5, 0.6) is 11.5 Å². The van der Waals surface area contributed by atoms with E-state index < -0.39 is 28.8 Å². The van der Waals surface area contributed by atoms with Crippen LogP contribution in [0.2, 0.25) is 0 Å². The van der Waals surface area contributed by atoms with Crippen molar-refractivity contribution in [3.8, 4) is 11.5 Å². The van der Waals surface area contributed by atoms with Gasteiger partial charge in [-0.3, -0.25) is 10.1 Å². The van der Waals surface area contributed by atoms with Crippen LogP contribution in [0.3, 0.4) is 0 Å². The van der Waals surface area contributed by atoms with Crippen molar-refractivity contribution >= 4 is 5.69 Å². The van der Waals surface area contributed by atoms with Crippen molar-refractivity contribution in [3.05, 3.63) is 27.8 Å². The van der Waals surface area contributed by atoms with E-state index >= 15 is 0 Å². The monoisotopic (exact) mass is 248 g/mol. The fourth-order valence-electron chi connectivity index (χ4n) is 1.25. The lowest BCUT2D eigenvalue weighted by Gasteiger charge is -2.12. The molecule has 1 unspecified atom stereocenters. The third kappa shape index (κ3) is 2.59. The number of benzene rings is 1. The highest BCUT2D eigenvalue weighted by Crippen LogP contribution is 2.38. The minimum Gasteiger partial charge on any atom is -0.500 e. The summed E-state index contributed by atoms with van der Waals surface area (Å²) < 4.78 is 29.4. The lowest BCUT2D eigenvalue weighted by atomic mass is 10.1. The van der Waals surface area contributed by atoms with Gasteiger partial charge in [0.15, 0.2) is 5.75 Å². The molecule has 0 aromatic heterocycles. The zero-order valence-corrected chi connectivity index (χ0v) is 8.76. The van der Waals surface area contributed by atoms with Crippen LogP contribution >= 0.6 is 0 Å². The summed E-state index contributed by atoms with van der Waals surface area (Å²) in [4.78, 5) is 9.69. The smallest absolute Gasteiger partial charge is 0.314 e. The van der Waals surface area contributed by atoms with Crippen molar-refractivity contribution in [1.29, 1.82) is 0 Å². The van der Waals surface area contributed by atoms with Gasteiger partial charge in [0.1, 0.15) is 0 Å². The number of nitro benzene ring substituents is 1. The summed E-state index contributed by atoms with van der Waals surface area (Å²) in [7, 11) is 1.15. The predicted molar refractivity (Wildman–Crippen MR) is 54.2 cm³/mol. The van der Waals surface area contributed by atoms with E-state index in [0.717, 1.165) is 19.2 Å². The van der Waals surface area contributed by atoms with Crippen molar-refractivity contribution < 1.29 is 23.5 Å². The minimum absolute atomic E-state index is 0.179. The van der Waals surface area contributed by atoms with Gasteiger partial charge in [-0.25, -0.2) is 8.78 Å². The highest BCUT2D eigenvalue weighted by molar-refractivity contribution is 5.57. The van der Waals surface area contributed by atoms with Crippen LogP contribution in [0, 0.1) is 10.1 Å². The number of nitrogens with zero attached hydrogens (tertiary/aromatic N) is 1. The van der Waals surface area contributed by atoms with Gasteiger partial charge < -0.3 is 15.6 Å². The number of phenols is 1. The number of methoxy groups -OCH3 is 1. The second kappa shape index (κ2) is 4.91. The van der Waals surface area contributed by atoms with Gasteiger partial charge in [0, 0.05) is 6.07 Å². The van der Waals surface area contributed by atoms with Crippen LogP contribution < -0.4 is 10.5 Å². The minimum atomic E-state index is -2.87. The Balaban J connectivity index is 3.34. The molecular formula is C9H10F2N2O4. The van der Waals surface area contributed by atoms with Crippen molar-refractivity contribution in [2.45, 2.75) is 12.5 Å². The van der Waals surface area contributed by atoms with Gasteiger partial charge in [0.25, 0.3) is 6.43 Å². The van der Waals surface area contributed by atoms with Gasteiger partial charge in [-0.05, 0) is 11.6 Å². The normalized spacial score (nSPS) is 12.5. The number of nitro groups is 1. The Labute approximate surface area is 94.8 Å². The predicted octanol–water partition coefficient (Wildman–Crippen LogP) is 1.57. The van der Waals surface area contributed by atoms with E-state index in [2.05, 4.69) is 4.74 Å². The Bertz CT molecular complexity index is 439. The molecule has 0 aliphatic heterocycles. The molecule has 0 radical (unpaired) electrons. The van der Waals surface area contributed by atoms with Crippen molar-refractivity contribution in [1.82, 2.24) is 0 Å². The first kappa shape index (κ1) is 13.1. The Morgan fingerprint density at radius 1 is 1.53 bits per heavy atom. The molecule has 0 amide bonds. The van der Waals surface area contributed by atoms with E-state index in [9.17, 15) is 24.0 Å². The molecule has 8 heteroatoms. The maximum atomic E-state index is 12.4. The second-order valence-electron chi connectivity index (χ2n) is 3.21. The van der Waals surface area contributed by atoms with E-state index in [1.165, 1.54) is 0 Å². The number of aromatic hydroxyl groups is 1. The molecule has 0 saturated heterocycles. The van der Waals surface area contributed by atoms with Gasteiger partial charge in [0.05, 0.1) is 18.1 Å². The molecule has 0 heterocycles. The highest BCUT2D eigenvalue weighted by atomic mass is 19.3. The first-order chi connectivity index (χ1) is 7.88. The van der Waals surface area contributed by atoms with Gasteiger partial charge in [-0.15, -0.1) is 0 Å². The highest BCUT2D eigenvalue weighted by Gasteiger charge is 2.25. The SMILES string of the molecule is COc1cc(C(N)C(F)F)cc([N+](=O)[O-])c1O. The molecule has 94 valence electrons. The number of rotatable bonds is 4. The Morgan fingerprint density at radius 2 is 2.12 bits per heavy atom. The third-order valence-corrected chi connectivity index (χ3v) is 2.15. The van der Waals surface area contributed by atoms with E-state index in [0.29, 0.717) is 0 Å². The van der Waals surface area contributed by atoms with E-state index in [1.807, 2.05) is 0 Å². The summed E-state index contributed by atoms with van der Waals surface area (Å²) in [5.74, 6) is -0.993. The summed E-state index contributed by atoms with van der Waals surface area (Å²) in [5.41, 5.74) is 4.26. The molecular weight excluding hydrogens is 238 g/mol. The van der Waals surface area contributed by atoms with E-state index in [4.69, 9.17) is 5.73 Å². The van der Waals surface area contributed by atoms with Gasteiger partial charge in [-0.2, -0.15) is 0 Å². The number of ether oxygens (including phenoxy) is 1. The second-order valence-corrected chi connectivity index (χ2v) is 3.21. The number of phenolic OH excluding ortho intramolecular Hbond substituents is 1.